The monoisotopic (exact) mass is 588 g/mol. The largest absolute Gasteiger partial charge is 0.494 e. The van der Waals surface area contributed by atoms with Gasteiger partial charge in [0.15, 0.2) is 5.82 Å². The number of anilines is 1. The molecule has 4 rings (SSSR count). The number of halogens is 1. The Balaban J connectivity index is 1.79. The molecule has 1 saturated heterocycles. The number of para-hydroxylation sites is 1. The van der Waals surface area contributed by atoms with Gasteiger partial charge in [-0.2, -0.15) is 10.6 Å². The number of ether oxygens (including phenoxy) is 3. The molecule has 0 spiro atoms. The Kier molecular flexibility index (Phi) is 8.34. The Morgan fingerprint density at radius 2 is 1.76 bits per heavy atom. The second-order valence-corrected chi connectivity index (χ2v) is 13.5. The van der Waals surface area contributed by atoms with E-state index in [0.717, 1.165) is 0 Å². The minimum Gasteiger partial charge on any atom is -0.494 e. The van der Waals surface area contributed by atoms with E-state index >= 15 is 0 Å². The lowest BCUT2D eigenvalue weighted by Gasteiger charge is -2.26. The molecule has 0 radical (unpaired) electrons. The molecule has 16 heteroatoms. The summed E-state index contributed by atoms with van der Waals surface area (Å²) in [6.07, 6.45) is 2.11. The summed E-state index contributed by atoms with van der Waals surface area (Å²) in [5, 5.41) is 7.54. The number of hydrogen-bond acceptors (Lipinski definition) is 11. The molecule has 13 nitrogen and oxygen atoms in total. The number of aromatic nitrogens is 5. The molecule has 0 amide bonds. The first-order valence-corrected chi connectivity index (χ1v) is 15.2. The topological polar surface area (TPSA) is 171 Å². The van der Waals surface area contributed by atoms with E-state index in [1.54, 1.807) is 18.2 Å². The average molecular weight is 589 g/mol. The lowest BCUT2D eigenvalue weighted by Crippen LogP contribution is -2.33. The lowest BCUT2D eigenvalue weighted by atomic mass is 10.1. The van der Waals surface area contributed by atoms with Crippen LogP contribution in [-0.2, 0) is 14.8 Å². The van der Waals surface area contributed by atoms with Crippen molar-refractivity contribution in [3.05, 3.63) is 47.3 Å². The third-order valence-corrected chi connectivity index (χ3v) is 9.95. The average Bonchev–Trinajstić information content (AvgIpc) is 3.46. The van der Waals surface area contributed by atoms with Gasteiger partial charge in [-0.3, -0.25) is 18.4 Å². The van der Waals surface area contributed by atoms with Crippen LogP contribution in [0.5, 0.6) is 11.5 Å². The zero-order valence-electron chi connectivity index (χ0n) is 21.1. The van der Waals surface area contributed by atoms with E-state index in [-0.39, 0.29) is 23.3 Å². The van der Waals surface area contributed by atoms with Crippen molar-refractivity contribution in [2.75, 3.05) is 37.6 Å². The molecule has 0 saturated carbocycles. The summed E-state index contributed by atoms with van der Waals surface area (Å²) in [7, 11) is -2.67. The third kappa shape index (κ3) is 5.67. The second-order valence-electron chi connectivity index (χ2n) is 8.65. The molecule has 1 fully saturated rings. The van der Waals surface area contributed by atoms with Gasteiger partial charge < -0.3 is 14.2 Å². The predicted molar refractivity (Wildman–Crippen MR) is 143 cm³/mol. The fraction of sp³-hybridized carbons (Fsp3) is 0.455. The molecule has 3 atom stereocenters. The van der Waals surface area contributed by atoms with Gasteiger partial charge in [-0.1, -0.05) is 17.7 Å². The summed E-state index contributed by atoms with van der Waals surface area (Å²) in [5.74, 6) is 0.963. The van der Waals surface area contributed by atoms with Gasteiger partial charge in [-0.15, -0.1) is 10.2 Å². The van der Waals surface area contributed by atoms with Crippen LogP contribution in [0.25, 0.3) is 5.69 Å². The van der Waals surface area contributed by atoms with Crippen molar-refractivity contribution in [3.63, 3.8) is 0 Å². The number of methoxy groups -OCH3 is 3. The SMILES string of the molecule is COc1cccc(OC)c1-n1c(NS(=O)(=O)[C@@H](C)[C@H](OC)c2ncc(Cl)cn2)nnc1[C@@H]1CCS(O)(O)C1. The Morgan fingerprint density at radius 3 is 2.29 bits per heavy atom. The molecule has 0 unspecified atom stereocenters. The zero-order valence-corrected chi connectivity index (χ0v) is 23.5. The standard InChI is InChI=1S/C22H29ClN6O7S2/c1-13(19(36-4)20-24-10-15(23)11-25-20)38(32,33)28-22-27-26-21(14-8-9-37(30,31)12-14)29(22)18-16(34-2)6-5-7-17(18)35-3/h5-7,10-11,13-14,19,30-31H,8-9,12H2,1-4H3,(H,27,28)/t13-,14+,19-/m0/s1. The van der Waals surface area contributed by atoms with Crippen molar-refractivity contribution < 1.29 is 31.7 Å². The van der Waals surface area contributed by atoms with Gasteiger partial charge in [0.1, 0.15) is 34.4 Å². The fourth-order valence-electron chi connectivity index (χ4n) is 4.28. The van der Waals surface area contributed by atoms with E-state index < -0.39 is 37.9 Å². The van der Waals surface area contributed by atoms with Gasteiger partial charge in [-0.25, -0.2) is 18.4 Å². The van der Waals surface area contributed by atoms with Crippen LogP contribution in [0.15, 0.2) is 30.6 Å². The Hall–Kier alpha value is -2.69. The third-order valence-electron chi connectivity index (χ3n) is 6.24. The van der Waals surface area contributed by atoms with Crippen LogP contribution in [0.4, 0.5) is 5.95 Å². The first-order chi connectivity index (χ1) is 18.0. The maximum atomic E-state index is 13.6. The normalized spacial score (nSPS) is 19.5. The summed E-state index contributed by atoms with van der Waals surface area (Å²) in [5.41, 5.74) is 0.357. The van der Waals surface area contributed by atoms with Gasteiger partial charge in [0, 0.05) is 36.9 Å². The summed E-state index contributed by atoms with van der Waals surface area (Å²) >= 11 is 5.87. The van der Waals surface area contributed by atoms with E-state index in [1.807, 2.05) is 0 Å². The van der Waals surface area contributed by atoms with Gasteiger partial charge in [-0.05, 0) is 25.5 Å². The minimum atomic E-state index is -4.17. The van der Waals surface area contributed by atoms with E-state index in [1.165, 1.54) is 45.2 Å². The summed E-state index contributed by atoms with van der Waals surface area (Å²) in [6.45, 7) is 1.45. The minimum absolute atomic E-state index is 0.0748. The molecule has 208 valence electrons. The molecule has 38 heavy (non-hydrogen) atoms. The van der Waals surface area contributed by atoms with E-state index in [0.29, 0.717) is 34.5 Å². The van der Waals surface area contributed by atoms with Gasteiger partial charge in [0.2, 0.25) is 16.0 Å². The molecular weight excluding hydrogens is 560 g/mol. The van der Waals surface area contributed by atoms with Crippen molar-refractivity contribution in [2.24, 2.45) is 0 Å². The molecular formula is C22H29ClN6O7S2. The van der Waals surface area contributed by atoms with Crippen molar-refractivity contribution in [1.82, 2.24) is 24.7 Å². The predicted octanol–water partition coefficient (Wildman–Crippen LogP) is 3.48. The smallest absolute Gasteiger partial charge is 0.243 e. The fourth-order valence-corrected chi connectivity index (χ4v) is 7.30. The first-order valence-electron chi connectivity index (χ1n) is 11.4. The highest BCUT2D eigenvalue weighted by Gasteiger charge is 2.38. The first kappa shape index (κ1) is 28.3. The van der Waals surface area contributed by atoms with Gasteiger partial charge in [0.05, 0.1) is 19.2 Å². The Labute approximate surface area is 226 Å². The molecule has 1 aliphatic rings. The Bertz CT molecular complexity index is 1370. The van der Waals surface area contributed by atoms with Crippen molar-refractivity contribution in [3.8, 4) is 17.2 Å². The van der Waals surface area contributed by atoms with E-state index in [4.69, 9.17) is 25.8 Å². The van der Waals surface area contributed by atoms with Crippen LogP contribution in [-0.4, -0.2) is 80.3 Å². The summed E-state index contributed by atoms with van der Waals surface area (Å²) < 4.78 is 68.2. The zero-order chi connectivity index (χ0) is 27.7. The second kappa shape index (κ2) is 11.2. The van der Waals surface area contributed by atoms with Crippen LogP contribution >= 0.6 is 22.2 Å². The molecule has 1 aromatic carbocycles. The molecule has 1 aliphatic heterocycles. The van der Waals surface area contributed by atoms with Gasteiger partial charge >= 0.3 is 0 Å². The summed E-state index contributed by atoms with van der Waals surface area (Å²) in [4.78, 5) is 8.20. The van der Waals surface area contributed by atoms with Crippen LogP contribution in [0, 0.1) is 0 Å². The van der Waals surface area contributed by atoms with Crippen molar-refractivity contribution >= 4 is 38.2 Å². The van der Waals surface area contributed by atoms with E-state index in [2.05, 4.69) is 24.9 Å². The molecule has 2 aromatic heterocycles. The summed E-state index contributed by atoms with van der Waals surface area (Å²) in [6, 6.07) is 5.09. The molecule has 0 bridgehead atoms. The van der Waals surface area contributed by atoms with Crippen LogP contribution in [0.1, 0.15) is 37.0 Å². The van der Waals surface area contributed by atoms with Crippen LogP contribution in [0.2, 0.25) is 5.02 Å². The molecule has 3 N–H and O–H groups in total. The van der Waals surface area contributed by atoms with Crippen molar-refractivity contribution in [1.29, 1.82) is 0 Å². The van der Waals surface area contributed by atoms with Gasteiger partial charge in [0.25, 0.3) is 0 Å². The maximum absolute atomic E-state index is 13.6. The maximum Gasteiger partial charge on any atom is 0.243 e. The molecule has 3 aromatic rings. The number of hydrogen-bond donors (Lipinski definition) is 3. The lowest BCUT2D eigenvalue weighted by molar-refractivity contribution is 0.0950. The molecule has 3 heterocycles. The number of nitrogens with one attached hydrogen (secondary N) is 1. The Morgan fingerprint density at radius 1 is 1.13 bits per heavy atom. The van der Waals surface area contributed by atoms with Crippen molar-refractivity contribution in [2.45, 2.75) is 30.6 Å². The van der Waals surface area contributed by atoms with Crippen LogP contribution < -0.4 is 14.2 Å². The number of nitrogens with zero attached hydrogens (tertiary/aromatic N) is 5. The van der Waals surface area contributed by atoms with E-state index in [9.17, 15) is 17.5 Å². The number of benzene rings is 1. The highest BCUT2D eigenvalue weighted by atomic mass is 35.5. The number of sulfonamides is 1. The van der Waals surface area contributed by atoms with Crippen LogP contribution in [0.3, 0.4) is 0 Å². The highest BCUT2D eigenvalue weighted by Crippen LogP contribution is 2.52. The molecule has 0 aliphatic carbocycles. The highest BCUT2D eigenvalue weighted by molar-refractivity contribution is 8.24. The quantitative estimate of drug-likeness (QED) is 0.316. The number of rotatable bonds is 10.